The Morgan fingerprint density at radius 1 is 1.10 bits per heavy atom. The van der Waals surface area contributed by atoms with E-state index in [1.807, 2.05) is 24.3 Å². The second-order valence-corrected chi connectivity index (χ2v) is 6.26. The van der Waals surface area contributed by atoms with Crippen molar-refractivity contribution in [1.82, 2.24) is 15.5 Å². The molecular weight excluding hydrogens is 374 g/mol. The van der Waals surface area contributed by atoms with Crippen molar-refractivity contribution >= 4 is 11.9 Å². The Morgan fingerprint density at radius 3 is 2.45 bits per heavy atom. The summed E-state index contributed by atoms with van der Waals surface area (Å²) >= 11 is 0. The van der Waals surface area contributed by atoms with Crippen LogP contribution in [0, 0.1) is 0 Å². The minimum absolute atomic E-state index is 0.325. The Morgan fingerprint density at radius 2 is 1.83 bits per heavy atom. The maximum Gasteiger partial charge on any atom is 0.338 e. The number of nitrogens with one attached hydrogen (secondary N) is 1. The van der Waals surface area contributed by atoms with Crippen LogP contribution in [0.5, 0.6) is 5.75 Å². The van der Waals surface area contributed by atoms with Crippen molar-refractivity contribution < 1.29 is 23.5 Å². The van der Waals surface area contributed by atoms with Crippen molar-refractivity contribution in [3.63, 3.8) is 0 Å². The van der Waals surface area contributed by atoms with Crippen LogP contribution in [-0.2, 0) is 16.0 Å². The van der Waals surface area contributed by atoms with Gasteiger partial charge in [-0.25, -0.2) is 4.79 Å². The molecule has 0 radical (unpaired) electrons. The summed E-state index contributed by atoms with van der Waals surface area (Å²) in [6.07, 6.45) is 0.981. The summed E-state index contributed by atoms with van der Waals surface area (Å²) in [4.78, 5) is 24.4. The molecule has 3 rings (SSSR count). The summed E-state index contributed by atoms with van der Waals surface area (Å²) in [6.45, 7) is 1.97. The van der Waals surface area contributed by atoms with E-state index >= 15 is 0 Å². The van der Waals surface area contributed by atoms with Gasteiger partial charge in [0.25, 0.3) is 5.91 Å². The molecule has 0 bridgehead atoms. The number of hydrogen-bond acceptors (Lipinski definition) is 7. The van der Waals surface area contributed by atoms with E-state index < -0.39 is 12.1 Å². The van der Waals surface area contributed by atoms with Gasteiger partial charge in [-0.2, -0.15) is 0 Å². The molecule has 0 spiro atoms. The molecule has 150 valence electrons. The zero-order valence-corrected chi connectivity index (χ0v) is 16.1. The first kappa shape index (κ1) is 20.1. The lowest BCUT2D eigenvalue weighted by Gasteiger charge is -2.13. The third kappa shape index (κ3) is 5.41. The van der Waals surface area contributed by atoms with Crippen LogP contribution in [0.25, 0.3) is 11.5 Å². The predicted octanol–water partition coefficient (Wildman–Crippen LogP) is 2.65. The van der Waals surface area contributed by atoms with Crippen molar-refractivity contribution in [1.29, 1.82) is 0 Å². The zero-order valence-electron chi connectivity index (χ0n) is 16.1. The Hall–Kier alpha value is -3.68. The van der Waals surface area contributed by atoms with E-state index in [1.165, 1.54) is 13.3 Å². The van der Waals surface area contributed by atoms with Gasteiger partial charge in [-0.1, -0.05) is 12.1 Å². The van der Waals surface area contributed by atoms with Crippen molar-refractivity contribution in [3.05, 3.63) is 66.1 Å². The number of methoxy groups -OCH3 is 1. The number of carbonyl (C=O) groups is 2. The molecule has 0 aliphatic rings. The van der Waals surface area contributed by atoms with E-state index in [9.17, 15) is 9.59 Å². The smallest absolute Gasteiger partial charge is 0.338 e. The molecule has 8 nitrogen and oxygen atoms in total. The molecule has 0 saturated heterocycles. The van der Waals surface area contributed by atoms with E-state index in [0.717, 1.165) is 11.3 Å². The van der Waals surface area contributed by atoms with E-state index in [-0.39, 0.29) is 5.91 Å². The summed E-state index contributed by atoms with van der Waals surface area (Å²) in [6, 6.07) is 14.1. The molecule has 3 aromatic rings. The number of hydrogen-bond donors (Lipinski definition) is 1. The van der Waals surface area contributed by atoms with Gasteiger partial charge in [0.15, 0.2) is 6.10 Å². The second-order valence-electron chi connectivity index (χ2n) is 6.26. The first-order chi connectivity index (χ1) is 14.1. The fourth-order valence-electron chi connectivity index (χ4n) is 2.60. The van der Waals surface area contributed by atoms with Crippen molar-refractivity contribution in [3.8, 4) is 17.2 Å². The van der Waals surface area contributed by atoms with Gasteiger partial charge in [0.2, 0.25) is 12.3 Å². The summed E-state index contributed by atoms with van der Waals surface area (Å²) in [5.41, 5.74) is 2.08. The number of aromatic nitrogens is 2. The number of nitrogens with zero attached hydrogens (tertiary/aromatic N) is 2. The first-order valence-corrected chi connectivity index (χ1v) is 9.05. The third-order valence-corrected chi connectivity index (χ3v) is 4.25. The van der Waals surface area contributed by atoms with Crippen LogP contribution in [0.3, 0.4) is 0 Å². The average molecular weight is 395 g/mol. The topological polar surface area (TPSA) is 104 Å². The highest BCUT2D eigenvalue weighted by Crippen LogP contribution is 2.17. The number of carbonyl (C=O) groups excluding carboxylic acids is 2. The monoisotopic (exact) mass is 395 g/mol. The largest absolute Gasteiger partial charge is 0.497 e. The van der Waals surface area contributed by atoms with Crippen molar-refractivity contribution in [2.75, 3.05) is 13.7 Å². The van der Waals surface area contributed by atoms with Gasteiger partial charge in [0.1, 0.15) is 5.75 Å². The third-order valence-electron chi connectivity index (χ3n) is 4.25. The highest BCUT2D eigenvalue weighted by Gasteiger charge is 2.18. The first-order valence-electron chi connectivity index (χ1n) is 9.05. The minimum atomic E-state index is -0.908. The summed E-state index contributed by atoms with van der Waals surface area (Å²) in [5.74, 6) is 0.201. The normalized spacial score (nSPS) is 11.5. The predicted molar refractivity (Wildman–Crippen MR) is 104 cm³/mol. The fraction of sp³-hybridized carbons (Fsp3) is 0.238. The second kappa shape index (κ2) is 9.50. The zero-order chi connectivity index (χ0) is 20.6. The molecule has 8 heteroatoms. The SMILES string of the molecule is COc1ccc(CCNC(=O)[C@@H](C)OC(=O)c2ccc(-c3nnco3)cc2)cc1. The number of rotatable bonds is 8. The van der Waals surface area contributed by atoms with E-state index in [1.54, 1.807) is 31.4 Å². The number of benzene rings is 2. The van der Waals surface area contributed by atoms with Crippen LogP contribution < -0.4 is 10.1 Å². The number of esters is 1. The quantitative estimate of drug-likeness (QED) is 0.585. The van der Waals surface area contributed by atoms with Crippen LogP contribution in [0.1, 0.15) is 22.8 Å². The molecular formula is C21H21N3O5. The van der Waals surface area contributed by atoms with E-state index in [4.69, 9.17) is 13.9 Å². The lowest BCUT2D eigenvalue weighted by atomic mass is 10.1. The maximum atomic E-state index is 12.2. The summed E-state index contributed by atoms with van der Waals surface area (Å²) in [5, 5.41) is 10.2. The molecule has 0 unspecified atom stereocenters. The molecule has 2 aromatic carbocycles. The van der Waals surface area contributed by atoms with Crippen LogP contribution in [0.15, 0.2) is 59.3 Å². The Balaban J connectivity index is 1.46. The van der Waals surface area contributed by atoms with Gasteiger partial charge in [0, 0.05) is 12.1 Å². The van der Waals surface area contributed by atoms with Gasteiger partial charge in [-0.15, -0.1) is 10.2 Å². The van der Waals surface area contributed by atoms with E-state index in [2.05, 4.69) is 15.5 Å². The molecule has 1 aromatic heterocycles. The van der Waals surface area contributed by atoms with Gasteiger partial charge >= 0.3 is 5.97 Å². The Bertz CT molecular complexity index is 937. The van der Waals surface area contributed by atoms with E-state index in [0.29, 0.717) is 30.0 Å². The molecule has 1 N–H and O–H groups in total. The lowest BCUT2D eigenvalue weighted by molar-refractivity contribution is -0.129. The lowest BCUT2D eigenvalue weighted by Crippen LogP contribution is -2.36. The standard InChI is InChI=1S/C21H21N3O5/c1-14(19(25)22-12-11-15-3-9-18(27-2)10-4-15)29-21(26)17-7-5-16(6-8-17)20-24-23-13-28-20/h3-10,13-14H,11-12H2,1-2H3,(H,22,25)/t14-/m1/s1. The van der Waals surface area contributed by atoms with Crippen molar-refractivity contribution in [2.24, 2.45) is 0 Å². The summed E-state index contributed by atoms with van der Waals surface area (Å²) in [7, 11) is 1.61. The molecule has 0 aliphatic carbocycles. The van der Waals surface area contributed by atoms with Gasteiger partial charge < -0.3 is 19.2 Å². The molecule has 0 aliphatic heterocycles. The maximum absolute atomic E-state index is 12.2. The highest BCUT2D eigenvalue weighted by molar-refractivity contribution is 5.92. The number of amides is 1. The molecule has 29 heavy (non-hydrogen) atoms. The van der Waals surface area contributed by atoms with Crippen molar-refractivity contribution in [2.45, 2.75) is 19.4 Å². The van der Waals surface area contributed by atoms with Gasteiger partial charge in [0.05, 0.1) is 12.7 Å². The van der Waals surface area contributed by atoms with Crippen LogP contribution in [0.4, 0.5) is 0 Å². The minimum Gasteiger partial charge on any atom is -0.497 e. The summed E-state index contributed by atoms with van der Waals surface area (Å²) < 4.78 is 15.5. The van der Waals surface area contributed by atoms with Crippen LogP contribution in [0.2, 0.25) is 0 Å². The molecule has 1 atom stereocenters. The molecule has 0 fully saturated rings. The Kier molecular flexibility index (Phi) is 6.57. The molecule has 0 saturated carbocycles. The average Bonchev–Trinajstić information content (AvgIpc) is 3.29. The Labute approximate surface area is 167 Å². The van der Waals surface area contributed by atoms with Gasteiger partial charge in [-0.3, -0.25) is 4.79 Å². The highest BCUT2D eigenvalue weighted by atomic mass is 16.5. The van der Waals surface area contributed by atoms with Gasteiger partial charge in [-0.05, 0) is 55.3 Å². The molecule has 1 heterocycles. The number of ether oxygens (including phenoxy) is 2. The fourth-order valence-corrected chi connectivity index (χ4v) is 2.60. The van der Waals surface area contributed by atoms with Crippen LogP contribution >= 0.6 is 0 Å². The van der Waals surface area contributed by atoms with Crippen LogP contribution in [-0.4, -0.2) is 41.8 Å². The molecule has 1 amide bonds.